The van der Waals surface area contributed by atoms with E-state index in [0.29, 0.717) is 19.5 Å². The van der Waals surface area contributed by atoms with Gasteiger partial charge < -0.3 is 5.11 Å². The second-order valence-electron chi connectivity index (χ2n) is 4.98. The molecule has 0 radical (unpaired) electrons. The lowest BCUT2D eigenvalue weighted by molar-refractivity contribution is -0.143. The molecular weight excluding hydrogens is 242 g/mol. The third-order valence-electron chi connectivity index (χ3n) is 3.86. The number of hydrogen-bond acceptors (Lipinski definition) is 4. The molecule has 2 atom stereocenters. The Labute approximate surface area is 102 Å². The number of sulfone groups is 1. The molecule has 1 aliphatic heterocycles. The Morgan fingerprint density at radius 2 is 1.88 bits per heavy atom. The summed E-state index contributed by atoms with van der Waals surface area (Å²) >= 11 is 0. The Morgan fingerprint density at radius 3 is 2.59 bits per heavy atom. The zero-order valence-corrected chi connectivity index (χ0v) is 10.7. The molecule has 0 spiro atoms. The molecular formula is C11H19NO4S. The van der Waals surface area contributed by atoms with Crippen LogP contribution in [0.1, 0.15) is 25.7 Å². The van der Waals surface area contributed by atoms with Crippen molar-refractivity contribution in [3.05, 3.63) is 0 Å². The van der Waals surface area contributed by atoms with Crippen LogP contribution in [0.3, 0.4) is 0 Å². The van der Waals surface area contributed by atoms with E-state index in [9.17, 15) is 13.2 Å². The fourth-order valence-corrected chi connectivity index (χ4v) is 4.24. The zero-order valence-electron chi connectivity index (χ0n) is 9.84. The topological polar surface area (TPSA) is 74.7 Å². The maximum absolute atomic E-state index is 11.5. The minimum atomic E-state index is -2.91. The van der Waals surface area contributed by atoms with Crippen LogP contribution in [0, 0.1) is 5.92 Å². The zero-order chi connectivity index (χ0) is 12.5. The fraction of sp³-hybridized carbons (Fsp3) is 0.909. The van der Waals surface area contributed by atoms with Crippen LogP contribution < -0.4 is 0 Å². The van der Waals surface area contributed by atoms with Crippen molar-refractivity contribution < 1.29 is 18.3 Å². The molecule has 0 bridgehead atoms. The van der Waals surface area contributed by atoms with Crippen LogP contribution in [0.5, 0.6) is 0 Å². The molecule has 2 unspecified atom stereocenters. The molecule has 2 aliphatic rings. The SMILES string of the molecule is O=C(O)C1CCCC1N1CCCS(=O)(=O)CC1. The number of carboxylic acid groups (broad SMARTS) is 1. The van der Waals surface area contributed by atoms with Gasteiger partial charge in [0.25, 0.3) is 0 Å². The van der Waals surface area contributed by atoms with Gasteiger partial charge in [-0.25, -0.2) is 8.42 Å². The van der Waals surface area contributed by atoms with Crippen molar-refractivity contribution in [3.8, 4) is 0 Å². The predicted molar refractivity (Wildman–Crippen MR) is 63.6 cm³/mol. The largest absolute Gasteiger partial charge is 0.481 e. The van der Waals surface area contributed by atoms with E-state index in [4.69, 9.17) is 5.11 Å². The number of rotatable bonds is 2. The molecule has 0 aromatic rings. The van der Waals surface area contributed by atoms with Crippen LogP contribution in [0.25, 0.3) is 0 Å². The van der Waals surface area contributed by atoms with Crippen molar-refractivity contribution >= 4 is 15.8 Å². The van der Waals surface area contributed by atoms with Gasteiger partial charge in [-0.3, -0.25) is 9.69 Å². The molecule has 0 amide bonds. The van der Waals surface area contributed by atoms with Crippen molar-refractivity contribution in [2.24, 2.45) is 5.92 Å². The number of carbonyl (C=O) groups is 1. The van der Waals surface area contributed by atoms with Gasteiger partial charge in [0.15, 0.2) is 9.84 Å². The first-order valence-corrected chi connectivity index (χ1v) is 7.99. The van der Waals surface area contributed by atoms with Crippen LogP contribution in [-0.2, 0) is 14.6 Å². The first-order chi connectivity index (χ1) is 7.99. The van der Waals surface area contributed by atoms with E-state index in [1.807, 2.05) is 0 Å². The summed E-state index contributed by atoms with van der Waals surface area (Å²) in [7, 11) is -2.91. The molecule has 6 heteroatoms. The maximum Gasteiger partial charge on any atom is 0.308 e. The molecule has 0 aromatic heterocycles. The lowest BCUT2D eigenvalue weighted by Gasteiger charge is -2.29. The van der Waals surface area contributed by atoms with Crippen LogP contribution >= 0.6 is 0 Å². The van der Waals surface area contributed by atoms with Crippen LogP contribution in [0.15, 0.2) is 0 Å². The van der Waals surface area contributed by atoms with Gasteiger partial charge in [0.1, 0.15) is 0 Å². The van der Waals surface area contributed by atoms with Gasteiger partial charge in [0.05, 0.1) is 17.4 Å². The minimum absolute atomic E-state index is 0.0424. The van der Waals surface area contributed by atoms with E-state index in [1.54, 1.807) is 0 Å². The molecule has 1 saturated heterocycles. The minimum Gasteiger partial charge on any atom is -0.481 e. The van der Waals surface area contributed by atoms with E-state index >= 15 is 0 Å². The lowest BCUT2D eigenvalue weighted by atomic mass is 10.0. The summed E-state index contributed by atoms with van der Waals surface area (Å²) in [5.41, 5.74) is 0. The molecule has 1 N–H and O–H groups in total. The van der Waals surface area contributed by atoms with E-state index < -0.39 is 15.8 Å². The highest BCUT2D eigenvalue weighted by Crippen LogP contribution is 2.30. The third-order valence-corrected chi connectivity index (χ3v) is 5.57. The van der Waals surface area contributed by atoms with Gasteiger partial charge in [-0.15, -0.1) is 0 Å². The summed E-state index contributed by atoms with van der Waals surface area (Å²) in [5.74, 6) is -0.625. The van der Waals surface area contributed by atoms with Crippen molar-refractivity contribution in [2.45, 2.75) is 31.7 Å². The normalized spacial score (nSPS) is 34.4. The van der Waals surface area contributed by atoms with E-state index in [1.165, 1.54) is 0 Å². The molecule has 1 heterocycles. The first-order valence-electron chi connectivity index (χ1n) is 6.17. The van der Waals surface area contributed by atoms with Gasteiger partial charge in [0, 0.05) is 12.6 Å². The van der Waals surface area contributed by atoms with E-state index in [-0.39, 0.29) is 23.5 Å². The van der Waals surface area contributed by atoms with Gasteiger partial charge in [-0.05, 0) is 25.8 Å². The highest BCUT2D eigenvalue weighted by atomic mass is 32.2. The second kappa shape index (κ2) is 4.94. The Morgan fingerprint density at radius 1 is 1.12 bits per heavy atom. The Balaban J connectivity index is 2.04. The van der Waals surface area contributed by atoms with E-state index in [0.717, 1.165) is 19.3 Å². The van der Waals surface area contributed by atoms with E-state index in [2.05, 4.69) is 4.90 Å². The Hall–Kier alpha value is -0.620. The summed E-state index contributed by atoms with van der Waals surface area (Å²) < 4.78 is 23.0. The predicted octanol–water partition coefficient (Wildman–Crippen LogP) is 0.360. The summed E-state index contributed by atoms with van der Waals surface area (Å²) in [6.07, 6.45) is 3.18. The summed E-state index contributed by atoms with van der Waals surface area (Å²) in [4.78, 5) is 13.2. The van der Waals surface area contributed by atoms with Gasteiger partial charge in [-0.1, -0.05) is 6.42 Å². The maximum atomic E-state index is 11.5. The Bertz CT molecular complexity index is 392. The molecule has 2 fully saturated rings. The third kappa shape index (κ3) is 2.98. The highest BCUT2D eigenvalue weighted by molar-refractivity contribution is 7.91. The average molecular weight is 261 g/mol. The molecule has 1 aliphatic carbocycles. The number of nitrogens with zero attached hydrogens (tertiary/aromatic N) is 1. The fourth-order valence-electron chi connectivity index (χ4n) is 2.95. The average Bonchev–Trinajstić information content (AvgIpc) is 2.65. The summed E-state index contributed by atoms with van der Waals surface area (Å²) in [6, 6.07) is 0.0424. The second-order valence-corrected chi connectivity index (χ2v) is 7.29. The molecule has 0 aromatic carbocycles. The molecule has 98 valence electrons. The van der Waals surface area contributed by atoms with Crippen molar-refractivity contribution in [1.29, 1.82) is 0 Å². The summed E-state index contributed by atoms with van der Waals surface area (Å²) in [6.45, 7) is 1.21. The van der Waals surface area contributed by atoms with Crippen LogP contribution in [0.2, 0.25) is 0 Å². The quantitative estimate of drug-likeness (QED) is 0.777. The van der Waals surface area contributed by atoms with Gasteiger partial charge in [0.2, 0.25) is 0 Å². The van der Waals surface area contributed by atoms with Crippen LogP contribution in [-0.4, -0.2) is 55.0 Å². The molecule has 17 heavy (non-hydrogen) atoms. The van der Waals surface area contributed by atoms with Crippen molar-refractivity contribution in [2.75, 3.05) is 24.6 Å². The Kier molecular flexibility index (Phi) is 3.73. The number of carboxylic acids is 1. The standard InChI is InChI=1S/C11H19NO4S/c13-11(14)9-3-1-4-10(9)12-5-2-7-17(15,16)8-6-12/h9-10H,1-8H2,(H,13,14). The number of aliphatic carboxylic acids is 1. The first kappa shape index (κ1) is 12.8. The monoisotopic (exact) mass is 261 g/mol. The van der Waals surface area contributed by atoms with Gasteiger partial charge in [-0.2, -0.15) is 0 Å². The highest BCUT2D eigenvalue weighted by Gasteiger charge is 2.37. The molecule has 2 rings (SSSR count). The van der Waals surface area contributed by atoms with Crippen LogP contribution in [0.4, 0.5) is 0 Å². The lowest BCUT2D eigenvalue weighted by Crippen LogP contribution is -2.42. The summed E-state index contributed by atoms with van der Waals surface area (Å²) in [5, 5.41) is 9.14. The smallest absolute Gasteiger partial charge is 0.308 e. The van der Waals surface area contributed by atoms with Crippen molar-refractivity contribution in [1.82, 2.24) is 4.90 Å². The van der Waals surface area contributed by atoms with Gasteiger partial charge >= 0.3 is 5.97 Å². The van der Waals surface area contributed by atoms with Crippen molar-refractivity contribution in [3.63, 3.8) is 0 Å². The molecule has 1 saturated carbocycles. The molecule has 5 nitrogen and oxygen atoms in total. The number of hydrogen-bond donors (Lipinski definition) is 1.